The van der Waals surface area contributed by atoms with E-state index in [2.05, 4.69) is 0 Å². The minimum atomic E-state index is -2.26. The van der Waals surface area contributed by atoms with E-state index in [4.69, 9.17) is 5.11 Å². The Kier molecular flexibility index (Phi) is 2.88. The second-order valence-corrected chi connectivity index (χ2v) is 3.28. The number of carboxylic acids is 1. The van der Waals surface area contributed by atoms with Gasteiger partial charge in [-0.25, -0.2) is 0 Å². The van der Waals surface area contributed by atoms with E-state index in [0.717, 1.165) is 6.92 Å². The van der Waals surface area contributed by atoms with Crippen molar-refractivity contribution in [3.63, 3.8) is 0 Å². The molecule has 0 fully saturated rings. The maximum absolute atomic E-state index is 10.8. The van der Waals surface area contributed by atoms with Crippen LogP contribution < -0.4 is 0 Å². The van der Waals surface area contributed by atoms with E-state index in [1.165, 1.54) is 0 Å². The predicted octanol–water partition coefficient (Wildman–Crippen LogP) is 0.556. The second kappa shape index (κ2) is 3.77. The van der Waals surface area contributed by atoms with Crippen molar-refractivity contribution >= 4 is 5.97 Å². The Hall–Kier alpha value is -1.39. The molecule has 0 aliphatic rings. The summed E-state index contributed by atoms with van der Waals surface area (Å²) >= 11 is 0. The van der Waals surface area contributed by atoms with Gasteiger partial charge in [-0.2, -0.15) is 0 Å². The number of benzene rings is 1. The van der Waals surface area contributed by atoms with Crippen LogP contribution in [0.4, 0.5) is 0 Å². The molecule has 14 heavy (non-hydrogen) atoms. The van der Waals surface area contributed by atoms with Crippen molar-refractivity contribution in [1.82, 2.24) is 0 Å². The van der Waals surface area contributed by atoms with Crippen LogP contribution in [0.3, 0.4) is 0 Å². The number of rotatable bonds is 3. The molecular formula is C10H12O4. The summed E-state index contributed by atoms with van der Waals surface area (Å²) in [6.07, 6.45) is 0. The highest BCUT2D eigenvalue weighted by molar-refractivity contribution is 5.77. The molecule has 4 heteroatoms. The summed E-state index contributed by atoms with van der Waals surface area (Å²) in [5, 5.41) is 27.4. The number of hydrogen-bond donors (Lipinski definition) is 3. The summed E-state index contributed by atoms with van der Waals surface area (Å²) in [7, 11) is 0. The van der Waals surface area contributed by atoms with Crippen molar-refractivity contribution in [1.29, 1.82) is 0 Å². The lowest BCUT2D eigenvalue weighted by Crippen LogP contribution is -2.37. The SMILES string of the molecule is CC(O)(O)C(C(=O)O)c1ccccc1. The van der Waals surface area contributed by atoms with Gasteiger partial charge in [-0.3, -0.25) is 4.79 Å². The van der Waals surface area contributed by atoms with Gasteiger partial charge in [0.25, 0.3) is 0 Å². The van der Waals surface area contributed by atoms with Gasteiger partial charge in [-0.05, 0) is 12.5 Å². The highest BCUT2D eigenvalue weighted by Gasteiger charge is 2.36. The van der Waals surface area contributed by atoms with Crippen LogP contribution in [0.5, 0.6) is 0 Å². The summed E-state index contributed by atoms with van der Waals surface area (Å²) in [4.78, 5) is 10.8. The summed E-state index contributed by atoms with van der Waals surface area (Å²) in [6.45, 7) is 1.05. The second-order valence-electron chi connectivity index (χ2n) is 3.28. The van der Waals surface area contributed by atoms with Gasteiger partial charge in [-0.1, -0.05) is 30.3 Å². The van der Waals surface area contributed by atoms with Gasteiger partial charge in [0, 0.05) is 0 Å². The third-order valence-electron chi connectivity index (χ3n) is 1.93. The summed E-state index contributed by atoms with van der Waals surface area (Å²) in [6, 6.07) is 8.12. The fourth-order valence-electron chi connectivity index (χ4n) is 1.34. The molecule has 0 spiro atoms. The Morgan fingerprint density at radius 1 is 1.29 bits per heavy atom. The molecule has 0 saturated heterocycles. The monoisotopic (exact) mass is 196 g/mol. The van der Waals surface area contributed by atoms with Crippen LogP contribution in [0.15, 0.2) is 30.3 Å². The number of aliphatic carboxylic acids is 1. The Morgan fingerprint density at radius 2 is 1.79 bits per heavy atom. The Bertz CT molecular complexity index is 313. The molecule has 0 aromatic heterocycles. The number of hydrogen-bond acceptors (Lipinski definition) is 3. The smallest absolute Gasteiger partial charge is 0.316 e. The highest BCUT2D eigenvalue weighted by atomic mass is 16.5. The van der Waals surface area contributed by atoms with Crippen molar-refractivity contribution in [2.45, 2.75) is 18.6 Å². The first-order valence-electron chi connectivity index (χ1n) is 4.15. The Morgan fingerprint density at radius 3 is 2.14 bits per heavy atom. The quantitative estimate of drug-likeness (QED) is 0.617. The molecule has 1 unspecified atom stereocenters. The standard InChI is InChI=1S/C10H12O4/c1-10(13,14)8(9(11)12)7-5-3-2-4-6-7/h2-6,8,13-14H,1H3,(H,11,12). The summed E-state index contributed by atoms with van der Waals surface area (Å²) < 4.78 is 0. The van der Waals surface area contributed by atoms with E-state index < -0.39 is 17.7 Å². The van der Waals surface area contributed by atoms with Crippen LogP contribution >= 0.6 is 0 Å². The van der Waals surface area contributed by atoms with Gasteiger partial charge in [0.2, 0.25) is 0 Å². The van der Waals surface area contributed by atoms with Crippen LogP contribution in [-0.4, -0.2) is 27.1 Å². The van der Waals surface area contributed by atoms with Gasteiger partial charge < -0.3 is 15.3 Å². The molecule has 1 aromatic rings. The van der Waals surface area contributed by atoms with Crippen molar-refractivity contribution in [3.8, 4) is 0 Å². The largest absolute Gasteiger partial charge is 0.481 e. The molecule has 0 heterocycles. The van der Waals surface area contributed by atoms with Crippen LogP contribution in [0.25, 0.3) is 0 Å². The lowest BCUT2D eigenvalue weighted by molar-refractivity contribution is -0.182. The third kappa shape index (κ3) is 2.31. The van der Waals surface area contributed by atoms with Crippen molar-refractivity contribution in [3.05, 3.63) is 35.9 Å². The first-order valence-corrected chi connectivity index (χ1v) is 4.15. The fourth-order valence-corrected chi connectivity index (χ4v) is 1.34. The Balaban J connectivity index is 3.08. The first kappa shape index (κ1) is 10.7. The molecule has 1 aromatic carbocycles. The Labute approximate surface area is 81.4 Å². The van der Waals surface area contributed by atoms with E-state index in [0.29, 0.717) is 5.56 Å². The van der Waals surface area contributed by atoms with Crippen molar-refractivity contribution < 1.29 is 20.1 Å². The average molecular weight is 196 g/mol. The van der Waals surface area contributed by atoms with E-state index in [1.807, 2.05) is 0 Å². The zero-order valence-electron chi connectivity index (χ0n) is 7.71. The molecule has 0 bridgehead atoms. The van der Waals surface area contributed by atoms with Crippen molar-refractivity contribution in [2.24, 2.45) is 0 Å². The molecule has 3 N–H and O–H groups in total. The van der Waals surface area contributed by atoms with Gasteiger partial charge in [-0.15, -0.1) is 0 Å². The third-order valence-corrected chi connectivity index (χ3v) is 1.93. The number of carboxylic acid groups (broad SMARTS) is 1. The van der Waals surface area contributed by atoms with Crippen LogP contribution in [0.1, 0.15) is 18.4 Å². The molecule has 4 nitrogen and oxygen atoms in total. The summed E-state index contributed by atoms with van der Waals surface area (Å²) in [5.74, 6) is -4.85. The predicted molar refractivity (Wildman–Crippen MR) is 49.7 cm³/mol. The lowest BCUT2D eigenvalue weighted by atomic mass is 9.92. The molecule has 0 saturated carbocycles. The van der Waals surface area contributed by atoms with Crippen LogP contribution in [0, 0.1) is 0 Å². The van der Waals surface area contributed by atoms with Gasteiger partial charge in [0.15, 0.2) is 5.79 Å². The van der Waals surface area contributed by atoms with Gasteiger partial charge in [0.1, 0.15) is 5.92 Å². The average Bonchev–Trinajstić information content (AvgIpc) is 2.02. The topological polar surface area (TPSA) is 77.8 Å². The van der Waals surface area contributed by atoms with E-state index >= 15 is 0 Å². The number of aliphatic hydroxyl groups is 2. The molecule has 76 valence electrons. The maximum atomic E-state index is 10.8. The molecule has 0 aliphatic carbocycles. The van der Waals surface area contributed by atoms with Crippen molar-refractivity contribution in [2.75, 3.05) is 0 Å². The maximum Gasteiger partial charge on any atom is 0.316 e. The van der Waals surface area contributed by atoms with E-state index in [-0.39, 0.29) is 0 Å². The zero-order chi connectivity index (χ0) is 10.8. The lowest BCUT2D eigenvalue weighted by Gasteiger charge is -2.24. The first-order chi connectivity index (χ1) is 6.43. The molecular weight excluding hydrogens is 184 g/mol. The van der Waals surface area contributed by atoms with Crippen LogP contribution in [-0.2, 0) is 4.79 Å². The normalized spacial score (nSPS) is 13.6. The molecule has 1 atom stereocenters. The molecule has 0 radical (unpaired) electrons. The van der Waals surface area contributed by atoms with Gasteiger partial charge >= 0.3 is 5.97 Å². The minimum Gasteiger partial charge on any atom is -0.481 e. The number of carbonyl (C=O) groups is 1. The molecule has 0 aliphatic heterocycles. The van der Waals surface area contributed by atoms with Gasteiger partial charge in [0.05, 0.1) is 0 Å². The van der Waals surface area contributed by atoms with Crippen LogP contribution in [0.2, 0.25) is 0 Å². The summed E-state index contributed by atoms with van der Waals surface area (Å²) in [5.41, 5.74) is 0.368. The fraction of sp³-hybridized carbons (Fsp3) is 0.300. The zero-order valence-corrected chi connectivity index (χ0v) is 7.71. The van der Waals surface area contributed by atoms with E-state index in [1.54, 1.807) is 30.3 Å². The van der Waals surface area contributed by atoms with E-state index in [9.17, 15) is 15.0 Å². The minimum absolute atomic E-state index is 0.368. The molecule has 1 rings (SSSR count). The molecule has 0 amide bonds. The highest BCUT2D eigenvalue weighted by Crippen LogP contribution is 2.26.